The lowest BCUT2D eigenvalue weighted by Crippen LogP contribution is -3.11. The number of quaternary nitrogens is 1. The van der Waals surface area contributed by atoms with Crippen LogP contribution in [-0.2, 0) is 4.79 Å². The van der Waals surface area contributed by atoms with E-state index in [9.17, 15) is 9.18 Å². The quantitative estimate of drug-likeness (QED) is 0.822. The van der Waals surface area contributed by atoms with E-state index in [-0.39, 0.29) is 24.2 Å². The van der Waals surface area contributed by atoms with Gasteiger partial charge in [-0.2, -0.15) is 0 Å². The third-order valence-corrected chi connectivity index (χ3v) is 5.48. The van der Waals surface area contributed by atoms with E-state index < -0.39 is 5.82 Å². The first-order chi connectivity index (χ1) is 13.6. The molecule has 2 atom stereocenters. The summed E-state index contributed by atoms with van der Waals surface area (Å²) >= 11 is 5.90. The van der Waals surface area contributed by atoms with E-state index in [1.54, 1.807) is 0 Å². The van der Waals surface area contributed by atoms with Crippen LogP contribution >= 0.6 is 11.6 Å². The molecule has 2 N–H and O–H groups in total. The van der Waals surface area contributed by atoms with Crippen molar-refractivity contribution in [2.75, 3.05) is 31.6 Å². The number of ether oxygens (including phenoxy) is 2. The summed E-state index contributed by atoms with van der Waals surface area (Å²) in [5.41, 5.74) is 1.25. The van der Waals surface area contributed by atoms with Crippen LogP contribution in [0.5, 0.6) is 11.5 Å². The maximum absolute atomic E-state index is 13.9. The van der Waals surface area contributed by atoms with Gasteiger partial charge in [-0.3, -0.25) is 4.79 Å². The average Bonchev–Trinajstić information content (AvgIpc) is 3.00. The molecule has 0 aromatic heterocycles. The third kappa shape index (κ3) is 4.23. The maximum atomic E-state index is 13.9. The number of anilines is 1. The predicted octanol–water partition coefficient (Wildman–Crippen LogP) is 3.00. The van der Waals surface area contributed by atoms with Gasteiger partial charge in [0.25, 0.3) is 5.91 Å². The highest BCUT2D eigenvalue weighted by molar-refractivity contribution is 6.30. The van der Waals surface area contributed by atoms with Gasteiger partial charge >= 0.3 is 0 Å². The molecule has 1 unspecified atom stereocenters. The van der Waals surface area contributed by atoms with Crippen LogP contribution in [0.4, 0.5) is 10.1 Å². The summed E-state index contributed by atoms with van der Waals surface area (Å²) in [5, 5.41) is 3.03. The van der Waals surface area contributed by atoms with Crippen molar-refractivity contribution in [3.8, 4) is 11.5 Å². The Morgan fingerprint density at radius 2 is 1.96 bits per heavy atom. The van der Waals surface area contributed by atoms with Crippen molar-refractivity contribution < 1.29 is 23.6 Å². The minimum Gasteiger partial charge on any atom is -0.490 e. The number of hydrogen-bond donors (Lipinski definition) is 2. The molecule has 2 aromatic rings. The summed E-state index contributed by atoms with van der Waals surface area (Å²) in [6.07, 6.45) is 2.89. The smallest absolute Gasteiger partial charge is 0.279 e. The second-order valence-electron chi connectivity index (χ2n) is 7.21. The van der Waals surface area contributed by atoms with Crippen LogP contribution in [0.15, 0.2) is 36.4 Å². The molecule has 0 radical (unpaired) electrons. The molecule has 0 bridgehead atoms. The van der Waals surface area contributed by atoms with Crippen molar-refractivity contribution in [3.05, 3.63) is 52.8 Å². The van der Waals surface area contributed by atoms with Gasteiger partial charge in [0.05, 0.1) is 25.4 Å². The number of hydrogen-bond acceptors (Lipinski definition) is 3. The van der Waals surface area contributed by atoms with E-state index in [1.165, 1.54) is 18.2 Å². The van der Waals surface area contributed by atoms with Gasteiger partial charge in [0, 0.05) is 29.8 Å². The van der Waals surface area contributed by atoms with Crippen molar-refractivity contribution in [1.29, 1.82) is 0 Å². The summed E-state index contributed by atoms with van der Waals surface area (Å²) in [6, 6.07) is 10.4. The lowest BCUT2D eigenvalue weighted by molar-refractivity contribution is -0.910. The van der Waals surface area contributed by atoms with E-state index in [4.69, 9.17) is 21.1 Å². The Morgan fingerprint density at radius 1 is 1.14 bits per heavy atom. The summed E-state index contributed by atoms with van der Waals surface area (Å²) in [5.74, 6) is 0.827. The molecule has 2 aliphatic heterocycles. The molecule has 2 heterocycles. The zero-order valence-electron chi connectivity index (χ0n) is 15.5. The van der Waals surface area contributed by atoms with Crippen LogP contribution in [-0.4, -0.2) is 32.2 Å². The summed E-state index contributed by atoms with van der Waals surface area (Å²) in [6.45, 7) is 2.47. The molecule has 7 heteroatoms. The molecule has 1 saturated heterocycles. The van der Waals surface area contributed by atoms with Crippen molar-refractivity contribution in [2.24, 2.45) is 0 Å². The maximum Gasteiger partial charge on any atom is 0.279 e. The van der Waals surface area contributed by atoms with E-state index in [0.717, 1.165) is 47.8 Å². The first-order valence-electron chi connectivity index (χ1n) is 9.59. The van der Waals surface area contributed by atoms with Crippen molar-refractivity contribution in [1.82, 2.24) is 0 Å². The SMILES string of the molecule is O=C(C[NH+]1CCC[C@H]1c1ccc2c(c1)OCCCO2)Nc1cc(Cl)ccc1F. The van der Waals surface area contributed by atoms with Gasteiger partial charge in [-0.05, 0) is 36.4 Å². The molecule has 5 nitrogen and oxygen atoms in total. The third-order valence-electron chi connectivity index (χ3n) is 5.25. The molecular formula is C21H23ClFN2O3+. The average molecular weight is 406 g/mol. The molecule has 1 fully saturated rings. The zero-order chi connectivity index (χ0) is 19.5. The molecule has 0 saturated carbocycles. The lowest BCUT2D eigenvalue weighted by Gasteiger charge is -2.22. The molecule has 0 spiro atoms. The Hall–Kier alpha value is -2.31. The summed E-state index contributed by atoms with van der Waals surface area (Å²) in [7, 11) is 0. The van der Waals surface area contributed by atoms with Gasteiger partial charge in [-0.1, -0.05) is 11.6 Å². The highest BCUT2D eigenvalue weighted by Gasteiger charge is 2.32. The van der Waals surface area contributed by atoms with Crippen LogP contribution in [0.25, 0.3) is 0 Å². The topological polar surface area (TPSA) is 52.0 Å². The first-order valence-corrected chi connectivity index (χ1v) is 9.97. The van der Waals surface area contributed by atoms with Gasteiger partial charge in [0.1, 0.15) is 11.9 Å². The van der Waals surface area contributed by atoms with E-state index in [0.29, 0.717) is 18.2 Å². The molecular weight excluding hydrogens is 383 g/mol. The first kappa shape index (κ1) is 19.0. The molecule has 28 heavy (non-hydrogen) atoms. The second kappa shape index (κ2) is 8.37. The van der Waals surface area contributed by atoms with Crippen LogP contribution in [0.1, 0.15) is 30.9 Å². The van der Waals surface area contributed by atoms with E-state index in [2.05, 4.69) is 11.4 Å². The largest absolute Gasteiger partial charge is 0.490 e. The summed E-state index contributed by atoms with van der Waals surface area (Å²) < 4.78 is 25.4. The van der Waals surface area contributed by atoms with Crippen molar-refractivity contribution in [2.45, 2.75) is 25.3 Å². The minimum absolute atomic E-state index is 0.114. The van der Waals surface area contributed by atoms with Crippen LogP contribution in [0.3, 0.4) is 0 Å². The number of nitrogens with one attached hydrogen (secondary N) is 2. The van der Waals surface area contributed by atoms with Crippen molar-refractivity contribution >= 4 is 23.2 Å². The number of rotatable bonds is 4. The van der Waals surface area contributed by atoms with Gasteiger partial charge in [-0.15, -0.1) is 0 Å². The number of benzene rings is 2. The molecule has 2 aromatic carbocycles. The fraction of sp³-hybridized carbons (Fsp3) is 0.381. The van der Waals surface area contributed by atoms with Crippen LogP contribution in [0, 0.1) is 5.82 Å². The van der Waals surface area contributed by atoms with Crippen LogP contribution in [0.2, 0.25) is 5.02 Å². The van der Waals surface area contributed by atoms with Crippen LogP contribution < -0.4 is 19.7 Å². The number of likely N-dealkylation sites (tertiary alicyclic amines) is 1. The zero-order valence-corrected chi connectivity index (χ0v) is 16.2. The summed E-state index contributed by atoms with van der Waals surface area (Å²) in [4.78, 5) is 13.7. The number of carbonyl (C=O) groups excluding carboxylic acids is 1. The Bertz CT molecular complexity index is 877. The Morgan fingerprint density at radius 3 is 2.82 bits per heavy atom. The van der Waals surface area contributed by atoms with Gasteiger partial charge in [-0.25, -0.2) is 4.39 Å². The van der Waals surface area contributed by atoms with Gasteiger partial charge < -0.3 is 19.7 Å². The van der Waals surface area contributed by atoms with E-state index >= 15 is 0 Å². The van der Waals surface area contributed by atoms with E-state index in [1.807, 2.05) is 12.1 Å². The normalized spacial score (nSPS) is 21.2. The number of amides is 1. The molecule has 148 valence electrons. The van der Waals surface area contributed by atoms with Crippen molar-refractivity contribution in [3.63, 3.8) is 0 Å². The predicted molar refractivity (Wildman–Crippen MR) is 105 cm³/mol. The fourth-order valence-corrected chi connectivity index (χ4v) is 4.09. The molecule has 1 amide bonds. The number of fused-ring (bicyclic) bond motifs is 1. The number of carbonyl (C=O) groups is 1. The Kier molecular flexibility index (Phi) is 5.69. The fourth-order valence-electron chi connectivity index (χ4n) is 3.92. The molecule has 0 aliphatic carbocycles. The minimum atomic E-state index is -0.492. The Balaban J connectivity index is 1.45. The monoisotopic (exact) mass is 405 g/mol. The highest BCUT2D eigenvalue weighted by atomic mass is 35.5. The van der Waals surface area contributed by atoms with Gasteiger partial charge in [0.15, 0.2) is 18.0 Å². The van der Waals surface area contributed by atoms with Gasteiger partial charge in [0.2, 0.25) is 0 Å². The number of halogens is 2. The lowest BCUT2D eigenvalue weighted by atomic mass is 10.0. The Labute approximate surface area is 168 Å². The molecule has 4 rings (SSSR count). The standard InChI is InChI=1S/C21H22ClFN2O3/c22-15-5-6-16(23)17(12-15)24-21(26)13-25-8-1-3-18(25)14-4-7-19-20(11-14)28-10-2-9-27-19/h4-7,11-12,18H,1-3,8-10,13H2,(H,24,26)/p+1/t18-/m0/s1. The molecule has 2 aliphatic rings. The highest BCUT2D eigenvalue weighted by Crippen LogP contribution is 2.33. The second-order valence-corrected chi connectivity index (χ2v) is 7.65.